The number of carbonyl (C=O) groups excluding carboxylic acids is 1. The van der Waals surface area contributed by atoms with E-state index >= 15 is 0 Å². The van der Waals surface area contributed by atoms with E-state index in [-0.39, 0.29) is 36.4 Å². The topological polar surface area (TPSA) is 66.0 Å². The van der Waals surface area contributed by atoms with Crippen molar-refractivity contribution in [3.05, 3.63) is 60.2 Å². The summed E-state index contributed by atoms with van der Waals surface area (Å²) in [6, 6.07) is 17.6. The van der Waals surface area contributed by atoms with Gasteiger partial charge in [-0.1, -0.05) is 30.3 Å². The van der Waals surface area contributed by atoms with Gasteiger partial charge < -0.3 is 20.3 Å². The van der Waals surface area contributed by atoms with Crippen molar-refractivity contribution in [3.63, 3.8) is 0 Å². The molecule has 1 heterocycles. The fourth-order valence-corrected chi connectivity index (χ4v) is 3.08. The number of rotatable bonds is 7. The van der Waals surface area contributed by atoms with Gasteiger partial charge in [-0.2, -0.15) is 0 Å². The van der Waals surface area contributed by atoms with E-state index in [0.717, 1.165) is 49.5 Å². The lowest BCUT2D eigenvalue weighted by Gasteiger charge is -2.17. The second-order valence-electron chi connectivity index (χ2n) is 6.70. The van der Waals surface area contributed by atoms with Crippen molar-refractivity contribution in [2.24, 2.45) is 4.99 Å². The van der Waals surface area contributed by atoms with Gasteiger partial charge in [0.1, 0.15) is 11.5 Å². The molecule has 1 aliphatic rings. The summed E-state index contributed by atoms with van der Waals surface area (Å²) in [5.41, 5.74) is 1.04. The molecule has 0 bridgehead atoms. The van der Waals surface area contributed by atoms with Crippen LogP contribution in [0.2, 0.25) is 0 Å². The number of benzene rings is 2. The Kier molecular flexibility index (Phi) is 9.76. The van der Waals surface area contributed by atoms with Crippen molar-refractivity contribution < 1.29 is 9.53 Å². The highest BCUT2D eigenvalue weighted by Crippen LogP contribution is 2.22. The van der Waals surface area contributed by atoms with Crippen molar-refractivity contribution in [1.82, 2.24) is 15.5 Å². The molecule has 0 saturated carbocycles. The highest BCUT2D eigenvalue weighted by molar-refractivity contribution is 14.0. The van der Waals surface area contributed by atoms with Crippen molar-refractivity contribution in [2.45, 2.75) is 26.3 Å². The van der Waals surface area contributed by atoms with E-state index in [1.54, 1.807) is 0 Å². The van der Waals surface area contributed by atoms with Gasteiger partial charge in [0, 0.05) is 19.6 Å². The predicted molar refractivity (Wildman–Crippen MR) is 127 cm³/mol. The van der Waals surface area contributed by atoms with Gasteiger partial charge in [-0.15, -0.1) is 24.0 Å². The maximum atomic E-state index is 12.2. The molecule has 1 saturated heterocycles. The van der Waals surface area contributed by atoms with E-state index in [2.05, 4.69) is 15.6 Å². The number of aliphatic imine (C=N–C) groups is 1. The third-order valence-corrected chi connectivity index (χ3v) is 4.51. The molecule has 156 valence electrons. The molecule has 7 heteroatoms. The van der Waals surface area contributed by atoms with E-state index in [1.165, 1.54) is 0 Å². The van der Waals surface area contributed by atoms with Crippen LogP contribution in [0.15, 0.2) is 59.6 Å². The Morgan fingerprint density at radius 2 is 1.76 bits per heavy atom. The summed E-state index contributed by atoms with van der Waals surface area (Å²) in [5.74, 6) is 2.35. The fraction of sp³-hybridized carbons (Fsp3) is 0.364. The number of nitrogens with one attached hydrogen (secondary N) is 2. The van der Waals surface area contributed by atoms with E-state index in [1.807, 2.05) is 66.4 Å². The molecule has 0 atom stereocenters. The van der Waals surface area contributed by atoms with Crippen LogP contribution in [-0.4, -0.2) is 42.9 Å². The Morgan fingerprint density at radius 1 is 1.03 bits per heavy atom. The van der Waals surface area contributed by atoms with Gasteiger partial charge in [-0.25, -0.2) is 4.99 Å². The zero-order valence-electron chi connectivity index (χ0n) is 16.8. The third kappa shape index (κ3) is 7.56. The van der Waals surface area contributed by atoms with Crippen LogP contribution in [0.5, 0.6) is 11.5 Å². The average molecular weight is 508 g/mol. The Bertz CT molecular complexity index is 792. The van der Waals surface area contributed by atoms with Gasteiger partial charge in [-0.05, 0) is 49.6 Å². The molecule has 1 amide bonds. The second-order valence-corrected chi connectivity index (χ2v) is 6.70. The summed E-state index contributed by atoms with van der Waals surface area (Å²) in [5, 5.41) is 6.33. The number of amides is 1. The van der Waals surface area contributed by atoms with Crippen molar-refractivity contribution in [2.75, 3.05) is 26.2 Å². The molecular formula is C22H29IN4O2. The van der Waals surface area contributed by atoms with Gasteiger partial charge in [0.2, 0.25) is 5.91 Å². The quantitative estimate of drug-likeness (QED) is 0.340. The molecule has 6 nitrogen and oxygen atoms in total. The van der Waals surface area contributed by atoms with Crippen molar-refractivity contribution >= 4 is 35.8 Å². The summed E-state index contributed by atoms with van der Waals surface area (Å²) in [7, 11) is 0. The van der Waals surface area contributed by atoms with Gasteiger partial charge in [0.15, 0.2) is 5.96 Å². The lowest BCUT2D eigenvalue weighted by atomic mass is 10.2. The maximum absolute atomic E-state index is 12.2. The molecule has 0 radical (unpaired) electrons. The smallest absolute Gasteiger partial charge is 0.241 e. The molecule has 0 spiro atoms. The molecule has 0 unspecified atom stereocenters. The first kappa shape index (κ1) is 23.0. The molecule has 0 aromatic heterocycles. The number of ether oxygens (including phenoxy) is 1. The molecule has 1 aliphatic heterocycles. The lowest BCUT2D eigenvalue weighted by molar-refractivity contribution is -0.128. The first-order valence-electron chi connectivity index (χ1n) is 9.86. The number of hydrogen-bond donors (Lipinski definition) is 2. The molecule has 2 aromatic carbocycles. The zero-order chi connectivity index (χ0) is 19.6. The van der Waals surface area contributed by atoms with Gasteiger partial charge in [0.25, 0.3) is 0 Å². The molecule has 29 heavy (non-hydrogen) atoms. The fourth-order valence-electron chi connectivity index (χ4n) is 3.08. The van der Waals surface area contributed by atoms with Crippen LogP contribution in [0.25, 0.3) is 0 Å². The van der Waals surface area contributed by atoms with Crippen LogP contribution in [0.3, 0.4) is 0 Å². The van der Waals surface area contributed by atoms with Crippen LogP contribution in [0.4, 0.5) is 0 Å². The predicted octanol–water partition coefficient (Wildman–Crippen LogP) is 3.77. The minimum Gasteiger partial charge on any atom is -0.457 e. The number of nitrogens with zero attached hydrogens (tertiary/aromatic N) is 2. The van der Waals surface area contributed by atoms with E-state index in [0.29, 0.717) is 12.5 Å². The molecule has 1 fully saturated rings. The normalized spacial score (nSPS) is 13.6. The first-order chi connectivity index (χ1) is 13.7. The second kappa shape index (κ2) is 12.3. The van der Waals surface area contributed by atoms with Crippen LogP contribution >= 0.6 is 24.0 Å². The van der Waals surface area contributed by atoms with E-state index in [4.69, 9.17) is 4.74 Å². The number of guanidine groups is 1. The lowest BCUT2D eigenvalue weighted by Crippen LogP contribution is -2.44. The Labute approximate surface area is 189 Å². The van der Waals surface area contributed by atoms with Crippen LogP contribution in [0, 0.1) is 0 Å². The zero-order valence-corrected chi connectivity index (χ0v) is 19.1. The highest BCUT2D eigenvalue weighted by atomic mass is 127. The first-order valence-corrected chi connectivity index (χ1v) is 9.86. The number of hydrogen-bond acceptors (Lipinski definition) is 3. The van der Waals surface area contributed by atoms with Gasteiger partial charge >= 0.3 is 0 Å². The summed E-state index contributed by atoms with van der Waals surface area (Å²) >= 11 is 0. The number of carbonyl (C=O) groups is 1. The monoisotopic (exact) mass is 508 g/mol. The largest absolute Gasteiger partial charge is 0.457 e. The molecule has 0 aliphatic carbocycles. The molecule has 3 rings (SSSR count). The minimum atomic E-state index is 0. The average Bonchev–Trinajstić information content (AvgIpc) is 3.26. The van der Waals surface area contributed by atoms with Crippen molar-refractivity contribution in [1.29, 1.82) is 0 Å². The minimum absolute atomic E-state index is 0. The van der Waals surface area contributed by atoms with E-state index < -0.39 is 0 Å². The van der Waals surface area contributed by atoms with Crippen molar-refractivity contribution in [3.8, 4) is 11.5 Å². The Balaban J connectivity index is 0.00000300. The number of likely N-dealkylation sites (tertiary alicyclic amines) is 1. The number of para-hydroxylation sites is 1. The SMILES string of the molecule is CCNC(=NCc1cccc(Oc2ccccc2)c1)NCC(=O)N1CCCC1.I. The molecule has 2 aromatic rings. The standard InChI is InChI=1S/C22H28N4O2.HI/c1-2-23-22(25-17-21(27)26-13-6-7-14-26)24-16-18-9-8-12-20(15-18)28-19-10-4-3-5-11-19;/h3-5,8-12,15H,2,6-7,13-14,16-17H2,1H3,(H2,23,24,25);1H. The Morgan fingerprint density at radius 3 is 2.48 bits per heavy atom. The molecule has 2 N–H and O–H groups in total. The third-order valence-electron chi connectivity index (χ3n) is 4.51. The summed E-state index contributed by atoms with van der Waals surface area (Å²) in [6.07, 6.45) is 2.20. The van der Waals surface area contributed by atoms with Gasteiger partial charge in [-0.3, -0.25) is 4.79 Å². The molecular weight excluding hydrogens is 479 g/mol. The van der Waals surface area contributed by atoms with Gasteiger partial charge in [0.05, 0.1) is 13.1 Å². The summed E-state index contributed by atoms with van der Waals surface area (Å²) < 4.78 is 5.88. The Hall–Kier alpha value is -2.29. The van der Waals surface area contributed by atoms with Crippen LogP contribution in [-0.2, 0) is 11.3 Å². The summed E-state index contributed by atoms with van der Waals surface area (Å²) in [4.78, 5) is 18.7. The van der Waals surface area contributed by atoms with Crippen LogP contribution < -0.4 is 15.4 Å². The van der Waals surface area contributed by atoms with E-state index in [9.17, 15) is 4.79 Å². The van der Waals surface area contributed by atoms with Crippen LogP contribution in [0.1, 0.15) is 25.3 Å². The maximum Gasteiger partial charge on any atom is 0.241 e. The summed E-state index contributed by atoms with van der Waals surface area (Å²) in [6.45, 7) is 5.24. The highest BCUT2D eigenvalue weighted by Gasteiger charge is 2.17. The number of halogens is 1.